The Morgan fingerprint density at radius 2 is 1.85 bits per heavy atom. The van der Waals surface area contributed by atoms with Crippen LogP contribution < -0.4 is 24.8 Å². The van der Waals surface area contributed by atoms with Gasteiger partial charge in [0.25, 0.3) is 5.91 Å². The lowest BCUT2D eigenvalue weighted by atomic mass is 10.0. The summed E-state index contributed by atoms with van der Waals surface area (Å²) in [5.41, 5.74) is 2.25. The summed E-state index contributed by atoms with van der Waals surface area (Å²) >= 11 is 0. The standard InChI is InChI=1S/C24H28N2O7/c1-15(24(29)26-20-14-17(30-2)8-10-21(20)31-3)33-23(28)5-4-12-32-18-7-9-19-16(13-18)6-11-22(27)25-19/h7-10,13-15H,4-6,11-12H2,1-3H3,(H,25,27)(H,26,29). The van der Waals surface area contributed by atoms with E-state index in [0.29, 0.717) is 48.8 Å². The fourth-order valence-corrected chi connectivity index (χ4v) is 3.31. The minimum Gasteiger partial charge on any atom is -0.497 e. The first-order valence-corrected chi connectivity index (χ1v) is 10.7. The molecule has 0 aromatic heterocycles. The zero-order chi connectivity index (χ0) is 23.8. The molecule has 1 unspecified atom stereocenters. The van der Waals surface area contributed by atoms with Crippen molar-refractivity contribution >= 4 is 29.2 Å². The van der Waals surface area contributed by atoms with Gasteiger partial charge >= 0.3 is 5.97 Å². The predicted molar refractivity (Wildman–Crippen MR) is 122 cm³/mol. The number of methoxy groups -OCH3 is 2. The summed E-state index contributed by atoms with van der Waals surface area (Å²) in [6.45, 7) is 1.82. The Balaban J connectivity index is 1.41. The average molecular weight is 456 g/mol. The topological polar surface area (TPSA) is 112 Å². The Kier molecular flexibility index (Phi) is 8.12. The van der Waals surface area contributed by atoms with E-state index >= 15 is 0 Å². The Morgan fingerprint density at radius 3 is 2.61 bits per heavy atom. The molecule has 9 nitrogen and oxygen atoms in total. The Morgan fingerprint density at radius 1 is 1.06 bits per heavy atom. The molecule has 2 amide bonds. The van der Waals surface area contributed by atoms with Crippen LogP contribution in [-0.2, 0) is 25.5 Å². The van der Waals surface area contributed by atoms with Crippen molar-refractivity contribution in [2.24, 2.45) is 0 Å². The molecule has 0 radical (unpaired) electrons. The molecule has 176 valence electrons. The van der Waals surface area contributed by atoms with Crippen LogP contribution in [0.2, 0.25) is 0 Å². The summed E-state index contributed by atoms with van der Waals surface area (Å²) in [6.07, 6.45) is 0.696. The molecule has 9 heteroatoms. The molecular formula is C24H28N2O7. The van der Waals surface area contributed by atoms with Crippen LogP contribution in [0.5, 0.6) is 17.2 Å². The number of aryl methyl sites for hydroxylation is 1. The molecule has 0 aliphatic carbocycles. The van der Waals surface area contributed by atoms with E-state index in [0.717, 1.165) is 11.3 Å². The zero-order valence-corrected chi connectivity index (χ0v) is 18.9. The SMILES string of the molecule is COc1ccc(OC)c(NC(=O)C(C)OC(=O)CCCOc2ccc3c(c2)CCC(=O)N3)c1. The van der Waals surface area contributed by atoms with E-state index in [9.17, 15) is 14.4 Å². The average Bonchev–Trinajstić information content (AvgIpc) is 2.81. The number of hydrogen-bond donors (Lipinski definition) is 2. The number of fused-ring (bicyclic) bond motifs is 1. The minimum absolute atomic E-state index is 0.0141. The van der Waals surface area contributed by atoms with Crippen molar-refractivity contribution in [2.45, 2.75) is 38.7 Å². The highest BCUT2D eigenvalue weighted by Crippen LogP contribution is 2.29. The van der Waals surface area contributed by atoms with E-state index in [2.05, 4.69) is 10.6 Å². The molecule has 0 saturated heterocycles. The molecule has 1 aliphatic rings. The summed E-state index contributed by atoms with van der Waals surface area (Å²) in [5.74, 6) is 0.738. The second-order valence-corrected chi connectivity index (χ2v) is 7.51. The van der Waals surface area contributed by atoms with Crippen molar-refractivity contribution in [2.75, 3.05) is 31.5 Å². The van der Waals surface area contributed by atoms with Gasteiger partial charge in [-0.05, 0) is 55.7 Å². The van der Waals surface area contributed by atoms with Gasteiger partial charge in [0.1, 0.15) is 17.2 Å². The third-order valence-corrected chi connectivity index (χ3v) is 5.11. The van der Waals surface area contributed by atoms with Crippen molar-refractivity contribution in [3.8, 4) is 17.2 Å². The fourth-order valence-electron chi connectivity index (χ4n) is 3.31. The minimum atomic E-state index is -0.981. The van der Waals surface area contributed by atoms with Gasteiger partial charge in [0.15, 0.2) is 6.10 Å². The third kappa shape index (κ3) is 6.61. The molecule has 33 heavy (non-hydrogen) atoms. The second-order valence-electron chi connectivity index (χ2n) is 7.51. The number of esters is 1. The summed E-state index contributed by atoms with van der Waals surface area (Å²) in [5, 5.41) is 5.51. The van der Waals surface area contributed by atoms with Crippen molar-refractivity contribution in [1.29, 1.82) is 0 Å². The van der Waals surface area contributed by atoms with Crippen LogP contribution in [0.25, 0.3) is 0 Å². The highest BCUT2D eigenvalue weighted by Gasteiger charge is 2.20. The monoisotopic (exact) mass is 456 g/mol. The number of rotatable bonds is 10. The lowest BCUT2D eigenvalue weighted by molar-refractivity contribution is -0.153. The number of carbonyl (C=O) groups is 3. The fraction of sp³-hybridized carbons (Fsp3) is 0.375. The first-order chi connectivity index (χ1) is 15.9. The molecule has 1 atom stereocenters. The first kappa shape index (κ1) is 23.9. The summed E-state index contributed by atoms with van der Waals surface area (Å²) in [4.78, 5) is 36.0. The molecule has 0 bridgehead atoms. The Bertz CT molecular complexity index is 1020. The van der Waals surface area contributed by atoms with Crippen LogP contribution in [0.4, 0.5) is 11.4 Å². The van der Waals surface area contributed by atoms with Crippen LogP contribution >= 0.6 is 0 Å². The molecule has 0 fully saturated rings. The largest absolute Gasteiger partial charge is 0.497 e. The Hall–Kier alpha value is -3.75. The number of anilines is 2. The van der Waals surface area contributed by atoms with Gasteiger partial charge < -0.3 is 29.6 Å². The molecule has 0 spiro atoms. The normalized spacial score (nSPS) is 13.2. The lowest BCUT2D eigenvalue weighted by Crippen LogP contribution is -2.30. The van der Waals surface area contributed by atoms with E-state index in [1.807, 2.05) is 12.1 Å². The molecule has 2 aromatic rings. The Labute approximate surface area is 192 Å². The maximum Gasteiger partial charge on any atom is 0.306 e. The highest BCUT2D eigenvalue weighted by atomic mass is 16.5. The number of benzene rings is 2. The van der Waals surface area contributed by atoms with Crippen LogP contribution in [-0.4, -0.2) is 44.7 Å². The summed E-state index contributed by atoms with van der Waals surface area (Å²) in [6, 6.07) is 10.5. The number of hydrogen-bond acceptors (Lipinski definition) is 7. The quantitative estimate of drug-likeness (QED) is 0.417. The van der Waals surface area contributed by atoms with E-state index in [1.165, 1.54) is 21.1 Å². The highest BCUT2D eigenvalue weighted by molar-refractivity contribution is 5.96. The molecule has 0 saturated carbocycles. The van der Waals surface area contributed by atoms with E-state index in [4.69, 9.17) is 18.9 Å². The smallest absolute Gasteiger partial charge is 0.306 e. The lowest BCUT2D eigenvalue weighted by Gasteiger charge is -2.18. The van der Waals surface area contributed by atoms with Crippen molar-refractivity contribution in [3.05, 3.63) is 42.0 Å². The number of ether oxygens (including phenoxy) is 4. The van der Waals surface area contributed by atoms with Gasteiger partial charge in [0, 0.05) is 24.6 Å². The van der Waals surface area contributed by atoms with Crippen LogP contribution in [0.1, 0.15) is 31.7 Å². The van der Waals surface area contributed by atoms with E-state index in [-0.39, 0.29) is 12.3 Å². The van der Waals surface area contributed by atoms with Crippen LogP contribution in [0, 0.1) is 0 Å². The van der Waals surface area contributed by atoms with Crippen molar-refractivity contribution in [3.63, 3.8) is 0 Å². The number of nitrogens with one attached hydrogen (secondary N) is 2. The zero-order valence-electron chi connectivity index (χ0n) is 18.9. The third-order valence-electron chi connectivity index (χ3n) is 5.11. The van der Waals surface area contributed by atoms with Crippen molar-refractivity contribution < 1.29 is 33.3 Å². The first-order valence-electron chi connectivity index (χ1n) is 10.7. The molecule has 2 N–H and O–H groups in total. The molecule has 3 rings (SSSR count). The van der Waals surface area contributed by atoms with Gasteiger partial charge in [-0.25, -0.2) is 0 Å². The molecule has 1 heterocycles. The van der Waals surface area contributed by atoms with Gasteiger partial charge in [-0.1, -0.05) is 0 Å². The van der Waals surface area contributed by atoms with Crippen LogP contribution in [0.15, 0.2) is 36.4 Å². The second kappa shape index (κ2) is 11.2. The maximum atomic E-state index is 12.4. The van der Waals surface area contributed by atoms with Gasteiger partial charge in [-0.3, -0.25) is 14.4 Å². The van der Waals surface area contributed by atoms with Gasteiger partial charge in [0.2, 0.25) is 5.91 Å². The van der Waals surface area contributed by atoms with Gasteiger partial charge in [0.05, 0.1) is 26.5 Å². The molecular weight excluding hydrogens is 428 g/mol. The number of carbonyl (C=O) groups excluding carboxylic acids is 3. The van der Waals surface area contributed by atoms with Crippen molar-refractivity contribution in [1.82, 2.24) is 0 Å². The maximum absolute atomic E-state index is 12.4. The molecule has 2 aromatic carbocycles. The van der Waals surface area contributed by atoms with Gasteiger partial charge in [-0.15, -0.1) is 0 Å². The van der Waals surface area contributed by atoms with Gasteiger partial charge in [-0.2, -0.15) is 0 Å². The molecule has 1 aliphatic heterocycles. The summed E-state index contributed by atoms with van der Waals surface area (Å²) < 4.78 is 21.3. The van der Waals surface area contributed by atoms with Crippen LogP contribution in [0.3, 0.4) is 0 Å². The number of amides is 2. The predicted octanol–water partition coefficient (Wildman–Crippen LogP) is 3.32. The van der Waals surface area contributed by atoms with E-state index < -0.39 is 18.0 Å². The summed E-state index contributed by atoms with van der Waals surface area (Å²) in [7, 11) is 3.01. The van der Waals surface area contributed by atoms with E-state index in [1.54, 1.807) is 24.3 Å².